The largest absolute Gasteiger partial charge is 0.525 e. The van der Waals surface area contributed by atoms with E-state index < -0.39 is 7.82 Å². The number of phosphoric acid groups is 1. The molecule has 112 valence electrons. The number of rotatable bonds is 2. The number of aromatic nitrogens is 5. The van der Waals surface area contributed by atoms with E-state index in [1.165, 1.54) is 12.4 Å². The first kappa shape index (κ1) is 15.9. The van der Waals surface area contributed by atoms with Crippen molar-refractivity contribution in [1.82, 2.24) is 25.6 Å². The summed E-state index contributed by atoms with van der Waals surface area (Å²) < 4.78 is 15.8. The van der Waals surface area contributed by atoms with Crippen LogP contribution < -0.4 is 4.52 Å². The number of benzene rings is 1. The molecule has 3 aromatic rings. The molecular formula is C9H8BrClN5O4P. The molecule has 0 aliphatic heterocycles. The van der Waals surface area contributed by atoms with Gasteiger partial charge in [0.05, 0.1) is 5.02 Å². The highest BCUT2D eigenvalue weighted by Crippen LogP contribution is 2.40. The van der Waals surface area contributed by atoms with Crippen molar-refractivity contribution in [3.05, 3.63) is 34.0 Å². The third-order valence-electron chi connectivity index (χ3n) is 2.15. The normalized spacial score (nSPS) is 11.0. The molecular weight excluding hydrogens is 388 g/mol. The van der Waals surface area contributed by atoms with E-state index in [0.717, 1.165) is 0 Å². The second-order valence-electron chi connectivity index (χ2n) is 3.60. The van der Waals surface area contributed by atoms with E-state index >= 15 is 0 Å². The maximum atomic E-state index is 10.6. The zero-order chi connectivity index (χ0) is 15.5. The van der Waals surface area contributed by atoms with Gasteiger partial charge in [0, 0.05) is 21.4 Å². The van der Waals surface area contributed by atoms with E-state index in [1.54, 1.807) is 12.1 Å². The second-order valence-corrected chi connectivity index (χ2v) is 5.99. The fourth-order valence-electron chi connectivity index (χ4n) is 1.42. The van der Waals surface area contributed by atoms with Crippen molar-refractivity contribution in [3.8, 4) is 5.88 Å². The third-order valence-corrected chi connectivity index (χ3v) is 3.88. The number of hydrogen-bond donors (Lipinski definition) is 4. The van der Waals surface area contributed by atoms with Gasteiger partial charge in [-0.25, -0.2) is 4.57 Å². The molecule has 0 radical (unpaired) electrons. The quantitative estimate of drug-likeness (QED) is 0.488. The Morgan fingerprint density at radius 2 is 2.14 bits per heavy atom. The lowest BCUT2D eigenvalue weighted by molar-refractivity contribution is 0.280. The van der Waals surface area contributed by atoms with Crippen molar-refractivity contribution < 1.29 is 18.9 Å². The van der Waals surface area contributed by atoms with Gasteiger partial charge in [-0.2, -0.15) is 5.21 Å². The van der Waals surface area contributed by atoms with Gasteiger partial charge < -0.3 is 9.51 Å². The minimum absolute atomic E-state index is 0.0247. The molecule has 4 N–H and O–H groups in total. The summed E-state index contributed by atoms with van der Waals surface area (Å²) in [5.41, 5.74) is 0.636. The van der Waals surface area contributed by atoms with Crippen molar-refractivity contribution in [2.24, 2.45) is 0 Å². The number of tetrazole rings is 1. The number of nitrogens with one attached hydrogen (secondary N) is 2. The molecule has 0 unspecified atom stereocenters. The molecule has 0 saturated carbocycles. The van der Waals surface area contributed by atoms with Crippen LogP contribution in [-0.4, -0.2) is 35.4 Å². The number of H-pyrrole nitrogens is 2. The highest BCUT2D eigenvalue weighted by atomic mass is 79.9. The van der Waals surface area contributed by atoms with Gasteiger partial charge in [-0.15, -0.1) is 10.2 Å². The second kappa shape index (κ2) is 6.54. The zero-order valence-electron chi connectivity index (χ0n) is 10.1. The Morgan fingerprint density at radius 3 is 2.67 bits per heavy atom. The van der Waals surface area contributed by atoms with Gasteiger partial charge in [0.1, 0.15) is 0 Å². The minimum atomic E-state index is -4.56. The topological polar surface area (TPSA) is 137 Å². The van der Waals surface area contributed by atoms with Gasteiger partial charge in [0.15, 0.2) is 6.33 Å². The average molecular weight is 397 g/mol. The van der Waals surface area contributed by atoms with Crippen LogP contribution in [0.2, 0.25) is 5.02 Å². The van der Waals surface area contributed by atoms with Gasteiger partial charge >= 0.3 is 7.82 Å². The molecule has 0 bridgehead atoms. The molecule has 0 aliphatic carbocycles. The van der Waals surface area contributed by atoms with Crippen LogP contribution in [0.3, 0.4) is 0 Å². The Kier molecular flexibility index (Phi) is 4.96. The van der Waals surface area contributed by atoms with Crippen LogP contribution in [-0.2, 0) is 4.57 Å². The fourth-order valence-corrected chi connectivity index (χ4v) is 2.34. The molecule has 0 fully saturated rings. The van der Waals surface area contributed by atoms with Gasteiger partial charge in [-0.1, -0.05) is 16.8 Å². The number of aromatic amines is 2. The molecule has 0 aliphatic rings. The van der Waals surface area contributed by atoms with E-state index in [0.29, 0.717) is 20.4 Å². The van der Waals surface area contributed by atoms with Crippen molar-refractivity contribution in [2.45, 2.75) is 0 Å². The molecule has 2 heterocycles. The van der Waals surface area contributed by atoms with Crippen molar-refractivity contribution in [3.63, 3.8) is 0 Å². The molecule has 2 aromatic heterocycles. The molecule has 21 heavy (non-hydrogen) atoms. The summed E-state index contributed by atoms with van der Waals surface area (Å²) >= 11 is 9.24. The number of halogens is 2. The van der Waals surface area contributed by atoms with Crippen LogP contribution in [0.4, 0.5) is 0 Å². The number of phosphoric ester groups is 1. The van der Waals surface area contributed by atoms with Gasteiger partial charge in [-0.3, -0.25) is 9.79 Å². The highest BCUT2D eigenvalue weighted by Gasteiger charge is 2.18. The number of nitrogens with zero attached hydrogens (tertiary/aromatic N) is 3. The highest BCUT2D eigenvalue weighted by molar-refractivity contribution is 9.10. The summed E-state index contributed by atoms with van der Waals surface area (Å²) in [6, 6.07) is 4.88. The lowest BCUT2D eigenvalue weighted by Crippen LogP contribution is -1.89. The summed E-state index contributed by atoms with van der Waals surface area (Å²) in [6.45, 7) is 0. The number of hydrogen-bond acceptors (Lipinski definition) is 5. The van der Waals surface area contributed by atoms with E-state index in [1.807, 2.05) is 0 Å². The Morgan fingerprint density at radius 1 is 1.38 bits per heavy atom. The van der Waals surface area contributed by atoms with Crippen LogP contribution in [0.15, 0.2) is 29.0 Å². The summed E-state index contributed by atoms with van der Waals surface area (Å²) in [4.78, 5) is 20.0. The molecule has 0 amide bonds. The smallest absolute Gasteiger partial charge is 0.388 e. The van der Waals surface area contributed by atoms with E-state index in [2.05, 4.69) is 46.1 Å². The van der Waals surface area contributed by atoms with Gasteiger partial charge in [0.2, 0.25) is 5.88 Å². The van der Waals surface area contributed by atoms with Crippen LogP contribution in [0.25, 0.3) is 10.9 Å². The Balaban J connectivity index is 0.000000272. The summed E-state index contributed by atoms with van der Waals surface area (Å²) in [7, 11) is -4.56. The molecule has 0 spiro atoms. The molecule has 0 saturated heterocycles. The van der Waals surface area contributed by atoms with E-state index in [4.69, 9.17) is 21.4 Å². The van der Waals surface area contributed by atoms with Crippen molar-refractivity contribution in [1.29, 1.82) is 0 Å². The molecule has 1 aromatic carbocycles. The third kappa shape index (κ3) is 4.51. The predicted molar refractivity (Wildman–Crippen MR) is 77.9 cm³/mol. The van der Waals surface area contributed by atoms with Gasteiger partial charge in [-0.05, 0) is 28.1 Å². The summed E-state index contributed by atoms with van der Waals surface area (Å²) in [5.74, 6) is -0.0247. The lowest BCUT2D eigenvalue weighted by Gasteiger charge is -2.02. The van der Waals surface area contributed by atoms with Crippen LogP contribution in [0.5, 0.6) is 5.88 Å². The van der Waals surface area contributed by atoms with Crippen LogP contribution >= 0.6 is 35.4 Å². The first-order valence-electron chi connectivity index (χ1n) is 5.25. The average Bonchev–Trinajstić information content (AvgIpc) is 3.04. The standard InChI is InChI=1S/C8H6BrClNO4P.CH2N4/c9-5-1-2-6-4(8(5)10)3-7(11-6)15-16(12,13)14;1-2-4-5-3-1/h1-3,11H,(H2,12,13,14);1H,(H,2,3,4,5). The number of fused-ring (bicyclic) bond motifs is 1. The van der Waals surface area contributed by atoms with Crippen molar-refractivity contribution >= 4 is 46.3 Å². The summed E-state index contributed by atoms with van der Waals surface area (Å²) in [6.07, 6.45) is 1.33. The van der Waals surface area contributed by atoms with E-state index in [9.17, 15) is 4.57 Å². The maximum Gasteiger partial charge on any atom is 0.525 e. The lowest BCUT2D eigenvalue weighted by atomic mass is 10.2. The van der Waals surface area contributed by atoms with Crippen LogP contribution in [0, 0.1) is 0 Å². The molecule has 3 rings (SSSR count). The monoisotopic (exact) mass is 395 g/mol. The van der Waals surface area contributed by atoms with Gasteiger partial charge in [0.25, 0.3) is 0 Å². The predicted octanol–water partition coefficient (Wildman–Crippen LogP) is 2.25. The minimum Gasteiger partial charge on any atom is -0.388 e. The molecule has 9 nitrogen and oxygen atoms in total. The SMILES string of the molecule is O=P(O)(O)Oc1cc2c(Cl)c(Br)ccc2[nH]1.c1nn[nH]n1. The maximum absolute atomic E-state index is 10.6. The Hall–Kier alpha value is -1.45. The first-order valence-corrected chi connectivity index (χ1v) is 7.95. The molecule has 0 atom stereocenters. The first-order chi connectivity index (χ1) is 9.87. The molecule has 12 heteroatoms. The van der Waals surface area contributed by atoms with E-state index in [-0.39, 0.29) is 5.88 Å². The summed E-state index contributed by atoms with van der Waals surface area (Å²) in [5, 5.41) is 13.2. The Labute approximate surface area is 131 Å². The zero-order valence-corrected chi connectivity index (χ0v) is 13.3. The van der Waals surface area contributed by atoms with Crippen molar-refractivity contribution in [2.75, 3.05) is 0 Å². The Bertz CT molecular complexity index is 757. The van der Waals surface area contributed by atoms with Crippen LogP contribution in [0.1, 0.15) is 0 Å². The fraction of sp³-hybridized carbons (Fsp3) is 0.